The van der Waals surface area contributed by atoms with Crippen LogP contribution in [0, 0.1) is 0 Å². The first-order valence-electron chi connectivity index (χ1n) is 7.00. The molecule has 0 unspecified atom stereocenters. The lowest BCUT2D eigenvalue weighted by Gasteiger charge is -2.18. The van der Waals surface area contributed by atoms with Crippen molar-refractivity contribution in [1.82, 2.24) is 14.9 Å². The molecule has 0 radical (unpaired) electrons. The van der Waals surface area contributed by atoms with E-state index in [1.807, 2.05) is 38.1 Å². The number of rotatable bonds is 3. The summed E-state index contributed by atoms with van der Waals surface area (Å²) in [6, 6.07) is 7.54. The smallest absolute Gasteiger partial charge is 0.253 e. The van der Waals surface area contributed by atoms with Gasteiger partial charge in [0.2, 0.25) is 0 Å². The molecule has 21 heavy (non-hydrogen) atoms. The largest absolute Gasteiger partial charge is 0.339 e. The number of nitrogens with zero attached hydrogens (tertiary/aromatic N) is 2. The molecule has 0 saturated heterocycles. The highest BCUT2D eigenvalue weighted by Crippen LogP contribution is 2.27. The Bertz CT molecular complexity index is 821. The summed E-state index contributed by atoms with van der Waals surface area (Å²) < 4.78 is 0. The molecule has 108 valence electrons. The number of amides is 1. The third-order valence-corrected chi connectivity index (χ3v) is 3.92. The van der Waals surface area contributed by atoms with Crippen LogP contribution in [0.3, 0.4) is 0 Å². The maximum absolute atomic E-state index is 12.4. The van der Waals surface area contributed by atoms with Crippen molar-refractivity contribution in [1.29, 1.82) is 0 Å². The van der Waals surface area contributed by atoms with Crippen molar-refractivity contribution in [3.05, 3.63) is 41.0 Å². The van der Waals surface area contributed by atoms with Crippen LogP contribution in [-0.4, -0.2) is 33.9 Å². The van der Waals surface area contributed by atoms with Crippen molar-refractivity contribution in [2.24, 2.45) is 0 Å². The van der Waals surface area contributed by atoms with E-state index in [4.69, 9.17) is 11.6 Å². The number of hydrogen-bond donors (Lipinski definition) is 1. The average molecular weight is 302 g/mol. The van der Waals surface area contributed by atoms with Gasteiger partial charge in [0.1, 0.15) is 5.65 Å². The maximum Gasteiger partial charge on any atom is 0.253 e. The molecule has 5 heteroatoms. The Hall–Kier alpha value is -2.07. The van der Waals surface area contributed by atoms with Crippen LogP contribution in [0.4, 0.5) is 0 Å². The van der Waals surface area contributed by atoms with E-state index in [2.05, 4.69) is 9.97 Å². The van der Waals surface area contributed by atoms with Gasteiger partial charge in [0.25, 0.3) is 5.91 Å². The fourth-order valence-electron chi connectivity index (χ4n) is 2.57. The summed E-state index contributed by atoms with van der Waals surface area (Å²) in [4.78, 5) is 21.8. The van der Waals surface area contributed by atoms with Gasteiger partial charge in [-0.2, -0.15) is 0 Å². The molecule has 0 aliphatic rings. The molecule has 3 aromatic rings. The molecule has 0 fully saturated rings. The molecule has 2 aromatic heterocycles. The van der Waals surface area contributed by atoms with E-state index in [9.17, 15) is 4.79 Å². The minimum absolute atomic E-state index is 0.0474. The van der Waals surface area contributed by atoms with E-state index in [-0.39, 0.29) is 5.91 Å². The van der Waals surface area contributed by atoms with Crippen LogP contribution < -0.4 is 0 Å². The molecule has 1 amide bonds. The van der Waals surface area contributed by atoms with Crippen molar-refractivity contribution < 1.29 is 4.79 Å². The van der Waals surface area contributed by atoms with Crippen LogP contribution in [-0.2, 0) is 0 Å². The van der Waals surface area contributed by atoms with Gasteiger partial charge in [-0.15, -0.1) is 0 Å². The second kappa shape index (κ2) is 5.37. The van der Waals surface area contributed by atoms with Gasteiger partial charge in [0, 0.05) is 41.1 Å². The van der Waals surface area contributed by atoms with E-state index in [0.29, 0.717) is 23.7 Å². The molecule has 1 aromatic carbocycles. The predicted molar refractivity (Wildman–Crippen MR) is 85.9 cm³/mol. The molecule has 0 spiro atoms. The number of halogens is 1. The Morgan fingerprint density at radius 3 is 2.71 bits per heavy atom. The van der Waals surface area contributed by atoms with Crippen molar-refractivity contribution in [2.75, 3.05) is 13.1 Å². The van der Waals surface area contributed by atoms with E-state index in [1.165, 1.54) is 0 Å². The Morgan fingerprint density at radius 2 is 2.00 bits per heavy atom. The standard InChI is InChI=1S/C16H16ClN3O/c1-3-20(4-2)16(21)10-5-6-14-12(7-10)13-8-11(17)9-18-15(13)19-14/h5-9H,3-4H2,1-2H3,(H,18,19). The van der Waals surface area contributed by atoms with E-state index < -0.39 is 0 Å². The van der Waals surface area contributed by atoms with Crippen molar-refractivity contribution in [3.63, 3.8) is 0 Å². The number of fused-ring (bicyclic) bond motifs is 3. The summed E-state index contributed by atoms with van der Waals surface area (Å²) >= 11 is 6.02. The Morgan fingerprint density at radius 1 is 1.24 bits per heavy atom. The zero-order chi connectivity index (χ0) is 15.0. The highest BCUT2D eigenvalue weighted by molar-refractivity contribution is 6.31. The molecule has 1 N–H and O–H groups in total. The molecular formula is C16H16ClN3O. The van der Waals surface area contributed by atoms with Crippen LogP contribution in [0.2, 0.25) is 5.02 Å². The van der Waals surface area contributed by atoms with Crippen LogP contribution in [0.1, 0.15) is 24.2 Å². The lowest BCUT2D eigenvalue weighted by Crippen LogP contribution is -2.30. The Labute approximate surface area is 127 Å². The molecular weight excluding hydrogens is 286 g/mol. The van der Waals surface area contributed by atoms with Gasteiger partial charge in [-0.05, 0) is 38.1 Å². The number of H-pyrrole nitrogens is 1. The average Bonchev–Trinajstić information content (AvgIpc) is 2.85. The topological polar surface area (TPSA) is 49.0 Å². The maximum atomic E-state index is 12.4. The molecule has 0 atom stereocenters. The number of benzene rings is 1. The highest BCUT2D eigenvalue weighted by Gasteiger charge is 2.14. The van der Waals surface area contributed by atoms with Gasteiger partial charge in [0.05, 0.1) is 5.02 Å². The predicted octanol–water partition coefficient (Wildman–Crippen LogP) is 3.85. The lowest BCUT2D eigenvalue weighted by molar-refractivity contribution is 0.0773. The third kappa shape index (κ3) is 2.36. The van der Waals surface area contributed by atoms with Gasteiger partial charge in [-0.25, -0.2) is 4.98 Å². The molecule has 3 rings (SSSR count). The Balaban J connectivity index is 2.16. The molecule has 0 saturated carbocycles. The normalized spacial score (nSPS) is 11.2. The minimum atomic E-state index is 0.0474. The number of aromatic amines is 1. The fourth-order valence-corrected chi connectivity index (χ4v) is 2.73. The zero-order valence-electron chi connectivity index (χ0n) is 12.0. The Kier molecular flexibility index (Phi) is 3.55. The highest BCUT2D eigenvalue weighted by atomic mass is 35.5. The summed E-state index contributed by atoms with van der Waals surface area (Å²) in [6.07, 6.45) is 1.61. The number of nitrogens with one attached hydrogen (secondary N) is 1. The van der Waals surface area contributed by atoms with Crippen LogP contribution >= 0.6 is 11.6 Å². The van der Waals surface area contributed by atoms with Crippen molar-refractivity contribution in [3.8, 4) is 0 Å². The van der Waals surface area contributed by atoms with E-state index >= 15 is 0 Å². The molecule has 2 heterocycles. The monoisotopic (exact) mass is 301 g/mol. The van der Waals surface area contributed by atoms with Gasteiger partial charge < -0.3 is 9.88 Å². The summed E-state index contributed by atoms with van der Waals surface area (Å²) in [5, 5.41) is 2.49. The van der Waals surface area contributed by atoms with Gasteiger partial charge in [-0.1, -0.05) is 11.6 Å². The number of pyridine rings is 1. The first-order chi connectivity index (χ1) is 10.1. The first kappa shape index (κ1) is 13.9. The van der Waals surface area contributed by atoms with E-state index in [0.717, 1.165) is 21.9 Å². The van der Waals surface area contributed by atoms with Gasteiger partial charge in [0.15, 0.2) is 0 Å². The molecule has 4 nitrogen and oxygen atoms in total. The third-order valence-electron chi connectivity index (χ3n) is 3.71. The molecule has 0 bridgehead atoms. The SMILES string of the molecule is CCN(CC)C(=O)c1ccc2[nH]c3ncc(Cl)cc3c2c1. The lowest BCUT2D eigenvalue weighted by atomic mass is 10.1. The van der Waals surface area contributed by atoms with Crippen LogP contribution in [0.5, 0.6) is 0 Å². The number of hydrogen-bond acceptors (Lipinski definition) is 2. The molecule has 0 aliphatic carbocycles. The second-order valence-electron chi connectivity index (χ2n) is 4.91. The van der Waals surface area contributed by atoms with Crippen LogP contribution in [0.15, 0.2) is 30.5 Å². The van der Waals surface area contributed by atoms with E-state index in [1.54, 1.807) is 11.1 Å². The van der Waals surface area contributed by atoms with Crippen molar-refractivity contribution in [2.45, 2.75) is 13.8 Å². The summed E-state index contributed by atoms with van der Waals surface area (Å²) in [6.45, 7) is 5.37. The van der Waals surface area contributed by atoms with Crippen molar-refractivity contribution >= 4 is 39.4 Å². The van der Waals surface area contributed by atoms with Gasteiger partial charge >= 0.3 is 0 Å². The minimum Gasteiger partial charge on any atom is -0.339 e. The second-order valence-corrected chi connectivity index (χ2v) is 5.35. The number of aromatic nitrogens is 2. The van der Waals surface area contributed by atoms with Gasteiger partial charge in [-0.3, -0.25) is 4.79 Å². The first-order valence-corrected chi connectivity index (χ1v) is 7.38. The zero-order valence-corrected chi connectivity index (χ0v) is 12.7. The summed E-state index contributed by atoms with van der Waals surface area (Å²) in [5.41, 5.74) is 2.42. The summed E-state index contributed by atoms with van der Waals surface area (Å²) in [7, 11) is 0. The summed E-state index contributed by atoms with van der Waals surface area (Å²) in [5.74, 6) is 0.0474. The quantitative estimate of drug-likeness (QED) is 0.799. The van der Waals surface area contributed by atoms with Crippen LogP contribution in [0.25, 0.3) is 21.9 Å². The molecule has 0 aliphatic heterocycles. The fraction of sp³-hybridized carbons (Fsp3) is 0.250. The number of carbonyl (C=O) groups is 1. The number of carbonyl (C=O) groups excluding carboxylic acids is 1.